The molecule has 0 atom stereocenters. The Labute approximate surface area is 247 Å². The number of hydrogen-bond donors (Lipinski definition) is 0. The van der Waals surface area contributed by atoms with Gasteiger partial charge >= 0.3 is 0 Å². The van der Waals surface area contributed by atoms with Crippen LogP contribution in [0.25, 0.3) is 70.0 Å². The fraction of sp³-hybridized carbons (Fsp3) is 0.0526. The second-order valence-electron chi connectivity index (χ2n) is 10.9. The van der Waals surface area contributed by atoms with E-state index in [2.05, 4.69) is 102 Å². The van der Waals surface area contributed by atoms with Crippen LogP contribution in [0.1, 0.15) is 11.1 Å². The largest absolute Gasteiger partial charge is 0.308 e. The van der Waals surface area contributed by atoms with Gasteiger partial charge in [-0.3, -0.25) is 9.78 Å². The third kappa shape index (κ3) is 3.73. The van der Waals surface area contributed by atoms with Gasteiger partial charge < -0.3 is 4.57 Å². The molecule has 0 saturated carbocycles. The molecule has 5 aromatic carbocycles. The van der Waals surface area contributed by atoms with E-state index in [1.54, 1.807) is 17.5 Å². The molecular weight excluding hydrogens is 532 g/mol. The first kappa shape index (κ1) is 24.7. The highest BCUT2D eigenvalue weighted by molar-refractivity contribution is 7.24. The monoisotopic (exact) mass is 558 g/mol. The molecule has 0 N–H and O–H groups in total. The van der Waals surface area contributed by atoms with Crippen molar-refractivity contribution in [3.63, 3.8) is 0 Å². The van der Waals surface area contributed by atoms with E-state index in [0.29, 0.717) is 0 Å². The summed E-state index contributed by atoms with van der Waals surface area (Å²) in [5.41, 5.74) is 9.99. The SMILES string of the molecule is Cc1cccc2c3cccc(C)c3n(-c3ccccc3-c3ccc4sc5ccc(-c6ccccn6)cc5c(=O)c4c3)c12. The van der Waals surface area contributed by atoms with Crippen LogP contribution in [-0.4, -0.2) is 9.55 Å². The average molecular weight is 559 g/mol. The van der Waals surface area contributed by atoms with Crippen molar-refractivity contribution < 1.29 is 0 Å². The Morgan fingerprint density at radius 3 is 1.88 bits per heavy atom. The van der Waals surface area contributed by atoms with Crippen LogP contribution >= 0.6 is 11.3 Å². The van der Waals surface area contributed by atoms with Crippen LogP contribution in [0, 0.1) is 13.8 Å². The van der Waals surface area contributed by atoms with Gasteiger partial charge in [0.05, 0.1) is 22.4 Å². The first-order chi connectivity index (χ1) is 20.6. The number of aromatic nitrogens is 2. The molecule has 3 heterocycles. The van der Waals surface area contributed by atoms with Crippen molar-refractivity contribution in [3.8, 4) is 28.1 Å². The maximum absolute atomic E-state index is 14.0. The van der Waals surface area contributed by atoms with Crippen LogP contribution in [0.5, 0.6) is 0 Å². The minimum absolute atomic E-state index is 0.0550. The number of rotatable bonds is 3. The second kappa shape index (κ2) is 9.51. The van der Waals surface area contributed by atoms with E-state index in [4.69, 9.17) is 0 Å². The fourth-order valence-electron chi connectivity index (χ4n) is 6.33. The van der Waals surface area contributed by atoms with E-state index in [1.165, 1.54) is 32.9 Å². The molecule has 0 aliphatic rings. The van der Waals surface area contributed by atoms with Gasteiger partial charge in [0.2, 0.25) is 0 Å². The van der Waals surface area contributed by atoms with Crippen LogP contribution < -0.4 is 5.43 Å². The van der Waals surface area contributed by atoms with Crippen molar-refractivity contribution in [2.24, 2.45) is 0 Å². The van der Waals surface area contributed by atoms with E-state index in [9.17, 15) is 4.79 Å². The smallest absolute Gasteiger partial charge is 0.195 e. The summed E-state index contributed by atoms with van der Waals surface area (Å²) < 4.78 is 4.38. The third-order valence-electron chi connectivity index (χ3n) is 8.30. The molecule has 42 heavy (non-hydrogen) atoms. The predicted octanol–water partition coefficient (Wildman–Crippen LogP) is 9.86. The first-order valence-electron chi connectivity index (χ1n) is 14.1. The summed E-state index contributed by atoms with van der Waals surface area (Å²) in [5.74, 6) is 0. The third-order valence-corrected chi connectivity index (χ3v) is 9.45. The van der Waals surface area contributed by atoms with E-state index in [-0.39, 0.29) is 5.43 Å². The molecule has 0 amide bonds. The summed E-state index contributed by atoms with van der Waals surface area (Å²) in [7, 11) is 0. The fourth-order valence-corrected chi connectivity index (χ4v) is 7.36. The maximum Gasteiger partial charge on any atom is 0.195 e. The lowest BCUT2D eigenvalue weighted by Gasteiger charge is -2.16. The van der Waals surface area contributed by atoms with Gasteiger partial charge in [0.25, 0.3) is 0 Å². The van der Waals surface area contributed by atoms with Gasteiger partial charge in [0.15, 0.2) is 5.43 Å². The lowest BCUT2D eigenvalue weighted by Crippen LogP contribution is -2.02. The minimum atomic E-state index is 0.0550. The first-order valence-corrected chi connectivity index (χ1v) is 14.9. The van der Waals surface area contributed by atoms with Gasteiger partial charge in [-0.05, 0) is 73.0 Å². The van der Waals surface area contributed by atoms with Crippen molar-refractivity contribution >= 4 is 53.3 Å². The maximum atomic E-state index is 14.0. The van der Waals surface area contributed by atoms with Crippen LogP contribution in [0.2, 0.25) is 0 Å². The molecule has 4 heteroatoms. The Hall–Kier alpha value is -5.06. The molecule has 0 saturated heterocycles. The number of benzene rings is 5. The van der Waals surface area contributed by atoms with E-state index in [1.807, 2.05) is 36.4 Å². The molecular formula is C38H26N2OS. The van der Waals surface area contributed by atoms with Crippen molar-refractivity contribution in [3.05, 3.63) is 143 Å². The highest BCUT2D eigenvalue weighted by Crippen LogP contribution is 2.39. The van der Waals surface area contributed by atoms with Crippen molar-refractivity contribution in [1.82, 2.24) is 9.55 Å². The highest BCUT2D eigenvalue weighted by Gasteiger charge is 2.18. The number of fused-ring (bicyclic) bond motifs is 5. The van der Waals surface area contributed by atoms with Crippen LogP contribution in [0.3, 0.4) is 0 Å². The topological polar surface area (TPSA) is 34.9 Å². The Kier molecular flexibility index (Phi) is 5.59. The molecule has 8 aromatic rings. The molecule has 0 spiro atoms. The second-order valence-corrected chi connectivity index (χ2v) is 11.9. The molecule has 0 aliphatic carbocycles. The number of hydrogen-bond acceptors (Lipinski definition) is 3. The zero-order valence-corrected chi connectivity index (χ0v) is 24.1. The number of para-hydroxylation sites is 3. The van der Waals surface area contributed by atoms with Gasteiger partial charge in [0.1, 0.15) is 0 Å². The molecule has 0 fully saturated rings. The molecule has 0 aliphatic heterocycles. The molecule has 0 bridgehead atoms. The van der Waals surface area contributed by atoms with E-state index < -0.39 is 0 Å². The van der Waals surface area contributed by atoms with E-state index in [0.717, 1.165) is 48.2 Å². The summed E-state index contributed by atoms with van der Waals surface area (Å²) in [6.45, 7) is 4.36. The lowest BCUT2D eigenvalue weighted by molar-refractivity contribution is 1.16. The Morgan fingerprint density at radius 1 is 0.595 bits per heavy atom. The molecule has 8 rings (SSSR count). The van der Waals surface area contributed by atoms with Crippen molar-refractivity contribution in [2.45, 2.75) is 13.8 Å². The summed E-state index contributed by atoms with van der Waals surface area (Å²) in [6, 6.07) is 39.9. The van der Waals surface area contributed by atoms with Gasteiger partial charge in [0, 0.05) is 48.3 Å². The predicted molar refractivity (Wildman–Crippen MR) is 178 cm³/mol. The Morgan fingerprint density at radius 2 is 1.21 bits per heavy atom. The van der Waals surface area contributed by atoms with E-state index >= 15 is 0 Å². The zero-order valence-electron chi connectivity index (χ0n) is 23.3. The van der Waals surface area contributed by atoms with Crippen molar-refractivity contribution in [2.75, 3.05) is 0 Å². The molecule has 200 valence electrons. The molecule has 0 radical (unpaired) electrons. The Balaban J connectivity index is 1.38. The van der Waals surface area contributed by atoms with Crippen molar-refractivity contribution in [1.29, 1.82) is 0 Å². The summed E-state index contributed by atoms with van der Waals surface area (Å²) in [5, 5.41) is 3.98. The molecule has 0 unspecified atom stereocenters. The normalized spacial score (nSPS) is 11.7. The van der Waals surface area contributed by atoms with Gasteiger partial charge in [-0.15, -0.1) is 11.3 Å². The highest BCUT2D eigenvalue weighted by atomic mass is 32.1. The van der Waals surface area contributed by atoms with Gasteiger partial charge in [-0.2, -0.15) is 0 Å². The number of nitrogens with zero attached hydrogens (tertiary/aromatic N) is 2. The number of pyridine rings is 1. The zero-order chi connectivity index (χ0) is 28.4. The molecule has 3 aromatic heterocycles. The average Bonchev–Trinajstić information content (AvgIpc) is 3.38. The Bertz CT molecular complexity index is 2340. The van der Waals surface area contributed by atoms with Crippen LogP contribution in [0.4, 0.5) is 0 Å². The molecule has 3 nitrogen and oxygen atoms in total. The standard InChI is InChI=1S/C38H26N2OS/c1-23-9-7-12-28-29-13-8-10-24(2)37(29)40(36(23)28)33-15-4-3-11-27(33)25-16-18-34-30(21-25)38(41)31-22-26(17-19-35(31)42-34)32-14-5-6-20-39-32/h3-22H,1-2H3. The minimum Gasteiger partial charge on any atom is -0.308 e. The van der Waals surface area contributed by atoms with Crippen LogP contribution in [0.15, 0.2) is 126 Å². The van der Waals surface area contributed by atoms with Crippen LogP contribution in [-0.2, 0) is 0 Å². The summed E-state index contributed by atoms with van der Waals surface area (Å²) in [4.78, 5) is 18.5. The quantitative estimate of drug-likeness (QED) is 0.202. The van der Waals surface area contributed by atoms with Gasteiger partial charge in [-0.1, -0.05) is 72.8 Å². The number of aryl methyl sites for hydroxylation is 2. The lowest BCUT2D eigenvalue weighted by atomic mass is 10.0. The summed E-state index contributed by atoms with van der Waals surface area (Å²) >= 11 is 1.66. The van der Waals surface area contributed by atoms with Gasteiger partial charge in [-0.25, -0.2) is 0 Å². The summed E-state index contributed by atoms with van der Waals surface area (Å²) in [6.07, 6.45) is 1.78.